The molecule has 0 saturated carbocycles. The van der Waals surface area contributed by atoms with E-state index in [9.17, 15) is 14.4 Å². The van der Waals surface area contributed by atoms with Gasteiger partial charge in [0, 0.05) is 19.3 Å². The van der Waals surface area contributed by atoms with E-state index in [0.717, 1.165) is 128 Å². The quantitative estimate of drug-likeness (QED) is 0.0261. The minimum atomic E-state index is -0.795. The fraction of sp³-hybridized carbons (Fsp3) is 0.693. The van der Waals surface area contributed by atoms with E-state index in [1.54, 1.807) is 0 Å². The van der Waals surface area contributed by atoms with Crippen LogP contribution in [0.4, 0.5) is 0 Å². The van der Waals surface area contributed by atoms with Gasteiger partial charge in [0.2, 0.25) is 0 Å². The molecule has 0 aromatic carbocycles. The molecule has 1 unspecified atom stereocenters. The van der Waals surface area contributed by atoms with Crippen molar-refractivity contribution in [1.29, 1.82) is 0 Å². The number of carbonyl (C=O) groups excluding carboxylic acids is 3. The number of hydrogen-bond donors (Lipinski definition) is 0. The summed E-state index contributed by atoms with van der Waals surface area (Å²) in [7, 11) is 0. The third-order valence-corrected chi connectivity index (χ3v) is 14.4. The van der Waals surface area contributed by atoms with Gasteiger partial charge in [-0.05, 0) is 135 Å². The molecule has 1 atom stereocenters. The molecule has 0 aliphatic rings. The zero-order valence-corrected chi connectivity index (χ0v) is 53.0. The summed E-state index contributed by atoms with van der Waals surface area (Å²) in [5.41, 5.74) is 0. The lowest BCUT2D eigenvalue weighted by Gasteiger charge is -2.18. The Kier molecular flexibility index (Phi) is 64.8. The van der Waals surface area contributed by atoms with Gasteiger partial charge < -0.3 is 14.2 Å². The molecule has 81 heavy (non-hydrogen) atoms. The first-order valence-corrected chi connectivity index (χ1v) is 34.0. The second-order valence-corrected chi connectivity index (χ2v) is 22.3. The number of ether oxygens (including phenoxy) is 3. The van der Waals surface area contributed by atoms with Gasteiger partial charge in [-0.2, -0.15) is 0 Å². The molecule has 0 fully saturated rings. The van der Waals surface area contributed by atoms with E-state index < -0.39 is 6.10 Å². The topological polar surface area (TPSA) is 78.9 Å². The van der Waals surface area contributed by atoms with Gasteiger partial charge in [0.15, 0.2) is 6.10 Å². The number of rotatable bonds is 61. The minimum absolute atomic E-state index is 0.0900. The molecule has 462 valence electrons. The van der Waals surface area contributed by atoms with Gasteiger partial charge in [-0.3, -0.25) is 14.4 Å². The first-order valence-electron chi connectivity index (χ1n) is 34.0. The summed E-state index contributed by atoms with van der Waals surface area (Å²) in [5, 5.41) is 0. The average Bonchev–Trinajstić information content (AvgIpc) is 3.47. The SMILES string of the molecule is CC/C=C\C/C=C\C/C=C\C/C=C\C/C=C\C/C=C\C/C=C\CCCCCCCCCC(=O)OCC(COC(=O)CCCCCCC/C=C\CCCCCCCCC)OC(=O)CCCCCCCCC/C=C\C/C=C\CCCCCC. The average molecular weight is 1120 g/mol. The summed E-state index contributed by atoms with van der Waals surface area (Å²) in [4.78, 5) is 38.4. The Morgan fingerprint density at radius 3 is 0.778 bits per heavy atom. The molecule has 6 nitrogen and oxygen atoms in total. The maximum absolute atomic E-state index is 12.9. The summed E-state index contributed by atoms with van der Waals surface area (Å²) in [6, 6.07) is 0. The van der Waals surface area contributed by atoms with Crippen molar-refractivity contribution >= 4 is 17.9 Å². The Hall–Kier alpha value is -4.19. The molecule has 0 aromatic rings. The summed E-state index contributed by atoms with van der Waals surface area (Å²) in [5.74, 6) is -0.908. The summed E-state index contributed by atoms with van der Waals surface area (Å²) >= 11 is 0. The van der Waals surface area contributed by atoms with Crippen LogP contribution in [0.15, 0.2) is 122 Å². The standard InChI is InChI=1S/C75H126O6/c1-4-7-10-13-16-19-22-25-28-31-33-34-35-36-37-38-39-40-41-42-43-45-47-50-53-56-59-62-65-68-74(77)80-71-72(70-79-73(76)67-64-61-58-55-52-49-46-30-27-24-21-18-15-12-9-6-3)81-75(78)69-66-63-60-57-54-51-48-44-32-29-26-23-20-17-14-11-8-5-2/h7,10,16,19-20,23,25,28-30,32-34,36-37,39-40,42-43,46,72H,4-6,8-9,11-15,17-18,21-22,24,26-27,31,35,38,41,44-45,47-71H2,1-3H3/b10-7-,19-16-,23-20-,28-25-,32-29-,34-33-,37-36-,40-39-,43-42-,46-30-. The van der Waals surface area contributed by atoms with Crippen LogP contribution in [-0.4, -0.2) is 37.2 Å². The molecule has 0 rings (SSSR count). The first-order chi connectivity index (χ1) is 40.0. The van der Waals surface area contributed by atoms with Crippen LogP contribution < -0.4 is 0 Å². The predicted octanol–water partition coefficient (Wildman–Crippen LogP) is 23.6. The van der Waals surface area contributed by atoms with Crippen LogP contribution in [0.25, 0.3) is 0 Å². The van der Waals surface area contributed by atoms with Crippen molar-refractivity contribution < 1.29 is 28.6 Å². The smallest absolute Gasteiger partial charge is 0.306 e. The van der Waals surface area contributed by atoms with E-state index in [0.29, 0.717) is 19.3 Å². The number of esters is 3. The number of allylic oxidation sites excluding steroid dienone is 20. The van der Waals surface area contributed by atoms with Crippen molar-refractivity contribution in [1.82, 2.24) is 0 Å². The molecule has 0 amide bonds. The zero-order valence-electron chi connectivity index (χ0n) is 53.0. The lowest BCUT2D eigenvalue weighted by molar-refractivity contribution is -0.167. The largest absolute Gasteiger partial charge is 0.462 e. The van der Waals surface area contributed by atoms with E-state index in [4.69, 9.17) is 14.2 Å². The molecular formula is C75H126O6. The Labute approximate surface area is 501 Å². The van der Waals surface area contributed by atoms with Gasteiger partial charge in [0.25, 0.3) is 0 Å². The first kappa shape index (κ1) is 76.8. The van der Waals surface area contributed by atoms with Crippen molar-refractivity contribution in [3.05, 3.63) is 122 Å². The lowest BCUT2D eigenvalue weighted by Crippen LogP contribution is -2.30. The van der Waals surface area contributed by atoms with Crippen LogP contribution in [0.3, 0.4) is 0 Å². The summed E-state index contributed by atoms with van der Waals surface area (Å²) < 4.78 is 16.9. The Morgan fingerprint density at radius 2 is 0.481 bits per heavy atom. The van der Waals surface area contributed by atoms with Crippen molar-refractivity contribution in [2.24, 2.45) is 0 Å². The third kappa shape index (κ3) is 66.5. The van der Waals surface area contributed by atoms with E-state index in [2.05, 4.69) is 142 Å². The second kappa shape index (κ2) is 68.3. The molecule has 0 N–H and O–H groups in total. The van der Waals surface area contributed by atoms with Crippen molar-refractivity contribution in [3.8, 4) is 0 Å². The van der Waals surface area contributed by atoms with Crippen LogP contribution >= 0.6 is 0 Å². The highest BCUT2D eigenvalue weighted by Crippen LogP contribution is 2.15. The maximum atomic E-state index is 12.9. The van der Waals surface area contributed by atoms with E-state index in [1.807, 2.05) is 0 Å². The van der Waals surface area contributed by atoms with Crippen molar-refractivity contribution in [2.45, 2.75) is 322 Å². The zero-order chi connectivity index (χ0) is 58.5. The van der Waals surface area contributed by atoms with Gasteiger partial charge in [-0.15, -0.1) is 0 Å². The highest BCUT2D eigenvalue weighted by molar-refractivity contribution is 5.71. The Bertz CT molecular complexity index is 1670. The summed E-state index contributed by atoms with van der Waals surface area (Å²) in [6.45, 7) is 6.51. The lowest BCUT2D eigenvalue weighted by atomic mass is 10.1. The molecule has 0 bridgehead atoms. The van der Waals surface area contributed by atoms with Gasteiger partial charge in [0.1, 0.15) is 13.2 Å². The van der Waals surface area contributed by atoms with Gasteiger partial charge in [-0.1, -0.05) is 284 Å². The van der Waals surface area contributed by atoms with Crippen molar-refractivity contribution in [2.75, 3.05) is 13.2 Å². The van der Waals surface area contributed by atoms with E-state index in [1.165, 1.54) is 148 Å². The predicted molar refractivity (Wildman–Crippen MR) is 353 cm³/mol. The molecule has 0 aromatic heterocycles. The monoisotopic (exact) mass is 1120 g/mol. The highest BCUT2D eigenvalue weighted by Gasteiger charge is 2.19. The van der Waals surface area contributed by atoms with E-state index >= 15 is 0 Å². The molecule has 0 radical (unpaired) electrons. The van der Waals surface area contributed by atoms with Gasteiger partial charge in [-0.25, -0.2) is 0 Å². The molecular weight excluding hydrogens is 997 g/mol. The van der Waals surface area contributed by atoms with Crippen LogP contribution in [0.5, 0.6) is 0 Å². The minimum Gasteiger partial charge on any atom is -0.462 e. The van der Waals surface area contributed by atoms with Gasteiger partial charge in [0.05, 0.1) is 0 Å². The highest BCUT2D eigenvalue weighted by atomic mass is 16.6. The van der Waals surface area contributed by atoms with E-state index in [-0.39, 0.29) is 31.1 Å². The maximum Gasteiger partial charge on any atom is 0.306 e. The number of unbranched alkanes of at least 4 members (excludes halogenated alkanes) is 30. The second-order valence-electron chi connectivity index (χ2n) is 22.3. The fourth-order valence-corrected chi connectivity index (χ4v) is 9.33. The summed E-state index contributed by atoms with van der Waals surface area (Å²) in [6.07, 6.45) is 94.9. The van der Waals surface area contributed by atoms with Crippen molar-refractivity contribution in [3.63, 3.8) is 0 Å². The molecule has 0 heterocycles. The molecule has 0 saturated heterocycles. The molecule has 0 spiro atoms. The molecule has 0 aliphatic carbocycles. The van der Waals surface area contributed by atoms with Gasteiger partial charge >= 0.3 is 17.9 Å². The third-order valence-electron chi connectivity index (χ3n) is 14.4. The normalized spacial score (nSPS) is 12.9. The molecule has 0 aliphatic heterocycles. The number of hydrogen-bond acceptors (Lipinski definition) is 6. The van der Waals surface area contributed by atoms with Crippen LogP contribution in [-0.2, 0) is 28.6 Å². The number of carbonyl (C=O) groups is 3. The Balaban J connectivity index is 4.39. The van der Waals surface area contributed by atoms with Crippen LogP contribution in [0.2, 0.25) is 0 Å². The van der Waals surface area contributed by atoms with Crippen LogP contribution in [0.1, 0.15) is 316 Å². The Morgan fingerprint density at radius 1 is 0.259 bits per heavy atom. The van der Waals surface area contributed by atoms with Crippen LogP contribution in [0, 0.1) is 0 Å². The fourth-order valence-electron chi connectivity index (χ4n) is 9.33. The molecule has 6 heteroatoms.